The van der Waals surface area contributed by atoms with E-state index in [0.717, 1.165) is 51.3 Å². The molecule has 0 unspecified atom stereocenters. The standard InChI is InChI=1S/C21H18BrN7/c22-15-5-3-4-13(8-15)16-9-17(28-20-18(16)19(23)26-12-27-20)14-10-24-21(25-11-14)29-6-1-2-7-29/h3-5,8-12H,1-2,6-7H2,(H2,23,26,27,28). The highest BCUT2D eigenvalue weighted by Crippen LogP contribution is 2.34. The molecule has 0 spiro atoms. The van der Waals surface area contributed by atoms with Crippen molar-refractivity contribution in [2.75, 3.05) is 23.7 Å². The van der Waals surface area contributed by atoms with Crippen molar-refractivity contribution >= 4 is 38.7 Å². The fraction of sp³-hybridized carbons (Fsp3) is 0.190. The molecule has 4 aromatic rings. The van der Waals surface area contributed by atoms with Gasteiger partial charge in [-0.2, -0.15) is 0 Å². The van der Waals surface area contributed by atoms with Crippen LogP contribution >= 0.6 is 15.9 Å². The van der Waals surface area contributed by atoms with Crippen LogP contribution in [0.3, 0.4) is 0 Å². The number of hydrogen-bond acceptors (Lipinski definition) is 7. The first-order chi connectivity index (χ1) is 14.2. The molecule has 8 heteroatoms. The van der Waals surface area contributed by atoms with Crippen molar-refractivity contribution in [3.8, 4) is 22.4 Å². The fourth-order valence-electron chi connectivity index (χ4n) is 3.65. The number of anilines is 2. The molecule has 1 aliphatic heterocycles. The van der Waals surface area contributed by atoms with Gasteiger partial charge in [-0.3, -0.25) is 0 Å². The Labute approximate surface area is 176 Å². The highest BCUT2D eigenvalue weighted by Gasteiger charge is 2.17. The molecule has 0 bridgehead atoms. The molecule has 0 saturated carbocycles. The van der Waals surface area contributed by atoms with Gasteiger partial charge in [-0.15, -0.1) is 0 Å². The molecule has 1 fully saturated rings. The summed E-state index contributed by atoms with van der Waals surface area (Å²) in [7, 11) is 0. The molecule has 4 heterocycles. The van der Waals surface area contributed by atoms with Gasteiger partial charge in [-0.25, -0.2) is 24.9 Å². The van der Waals surface area contributed by atoms with Crippen LogP contribution in [0.4, 0.5) is 11.8 Å². The number of nitrogens with two attached hydrogens (primary N) is 1. The Kier molecular flexibility index (Phi) is 4.55. The monoisotopic (exact) mass is 447 g/mol. The first-order valence-corrected chi connectivity index (χ1v) is 10.2. The number of nitrogen functional groups attached to an aromatic ring is 1. The third-order valence-corrected chi connectivity index (χ3v) is 5.59. The van der Waals surface area contributed by atoms with Crippen LogP contribution < -0.4 is 10.6 Å². The van der Waals surface area contributed by atoms with Crippen molar-refractivity contribution in [3.63, 3.8) is 0 Å². The predicted octanol–water partition coefficient (Wildman–Crippen LogP) is 4.09. The van der Waals surface area contributed by atoms with Crippen LogP contribution in [-0.2, 0) is 0 Å². The number of benzene rings is 1. The minimum absolute atomic E-state index is 0.407. The molecule has 29 heavy (non-hydrogen) atoms. The zero-order chi connectivity index (χ0) is 19.8. The van der Waals surface area contributed by atoms with Crippen molar-refractivity contribution in [1.82, 2.24) is 24.9 Å². The van der Waals surface area contributed by atoms with Gasteiger partial charge in [0.2, 0.25) is 5.95 Å². The molecule has 3 aromatic heterocycles. The number of hydrogen-bond donors (Lipinski definition) is 1. The van der Waals surface area contributed by atoms with Gasteiger partial charge in [0.25, 0.3) is 0 Å². The highest BCUT2D eigenvalue weighted by molar-refractivity contribution is 9.10. The summed E-state index contributed by atoms with van der Waals surface area (Å²) in [6, 6.07) is 10.0. The Morgan fingerprint density at radius 3 is 2.48 bits per heavy atom. The van der Waals surface area contributed by atoms with Crippen molar-refractivity contribution in [3.05, 3.63) is 53.5 Å². The van der Waals surface area contributed by atoms with Gasteiger partial charge in [0.1, 0.15) is 12.1 Å². The maximum absolute atomic E-state index is 6.18. The average molecular weight is 448 g/mol. The molecule has 0 aliphatic carbocycles. The SMILES string of the molecule is Nc1ncnc2nc(-c3cnc(N4CCCC4)nc3)cc(-c3cccc(Br)c3)c12. The molecule has 1 saturated heterocycles. The van der Waals surface area contributed by atoms with Crippen LogP contribution in [0.5, 0.6) is 0 Å². The number of pyridine rings is 1. The highest BCUT2D eigenvalue weighted by atomic mass is 79.9. The van der Waals surface area contributed by atoms with Crippen molar-refractivity contribution in [1.29, 1.82) is 0 Å². The Morgan fingerprint density at radius 1 is 0.931 bits per heavy atom. The summed E-state index contributed by atoms with van der Waals surface area (Å²) >= 11 is 3.54. The average Bonchev–Trinajstić information content (AvgIpc) is 3.28. The topological polar surface area (TPSA) is 93.7 Å². The van der Waals surface area contributed by atoms with Crippen LogP contribution in [0.25, 0.3) is 33.4 Å². The zero-order valence-corrected chi connectivity index (χ0v) is 17.2. The molecule has 7 nitrogen and oxygen atoms in total. The molecular formula is C21H18BrN7. The van der Waals surface area contributed by atoms with E-state index in [4.69, 9.17) is 10.7 Å². The largest absolute Gasteiger partial charge is 0.383 e. The molecule has 1 aliphatic rings. The van der Waals surface area contributed by atoms with Gasteiger partial charge < -0.3 is 10.6 Å². The van der Waals surface area contributed by atoms with Gasteiger partial charge in [-0.1, -0.05) is 28.1 Å². The van der Waals surface area contributed by atoms with Gasteiger partial charge >= 0.3 is 0 Å². The summed E-state index contributed by atoms with van der Waals surface area (Å²) in [6.07, 6.45) is 7.46. The van der Waals surface area contributed by atoms with Gasteiger partial charge in [0, 0.05) is 35.5 Å². The van der Waals surface area contributed by atoms with Crippen LogP contribution in [0.1, 0.15) is 12.8 Å². The first kappa shape index (κ1) is 17.9. The first-order valence-electron chi connectivity index (χ1n) is 9.43. The van der Waals surface area contributed by atoms with Crippen LogP contribution in [0.2, 0.25) is 0 Å². The van der Waals surface area contributed by atoms with E-state index in [9.17, 15) is 0 Å². The van der Waals surface area contributed by atoms with Gasteiger partial charge in [0.05, 0.1) is 11.1 Å². The van der Waals surface area contributed by atoms with E-state index in [1.807, 2.05) is 42.7 Å². The lowest BCUT2D eigenvalue weighted by atomic mass is 10.0. The van der Waals surface area contributed by atoms with E-state index in [0.29, 0.717) is 11.5 Å². The smallest absolute Gasteiger partial charge is 0.225 e. The quantitative estimate of drug-likeness (QED) is 0.505. The number of rotatable bonds is 3. The molecular weight excluding hydrogens is 430 g/mol. The molecule has 2 N–H and O–H groups in total. The minimum Gasteiger partial charge on any atom is -0.383 e. The molecule has 0 atom stereocenters. The Balaban J connectivity index is 1.65. The van der Waals surface area contributed by atoms with Crippen LogP contribution in [-0.4, -0.2) is 38.0 Å². The Morgan fingerprint density at radius 2 is 1.72 bits per heavy atom. The summed E-state index contributed by atoms with van der Waals surface area (Å²) < 4.78 is 0.982. The van der Waals surface area contributed by atoms with E-state index in [2.05, 4.69) is 40.8 Å². The van der Waals surface area contributed by atoms with E-state index < -0.39 is 0 Å². The third kappa shape index (κ3) is 3.40. The maximum atomic E-state index is 6.18. The predicted molar refractivity (Wildman–Crippen MR) is 117 cm³/mol. The molecule has 144 valence electrons. The van der Waals surface area contributed by atoms with E-state index in [-0.39, 0.29) is 0 Å². The fourth-order valence-corrected chi connectivity index (χ4v) is 4.05. The normalized spacial score (nSPS) is 13.9. The molecule has 1 aromatic carbocycles. The van der Waals surface area contributed by atoms with Crippen molar-refractivity contribution in [2.45, 2.75) is 12.8 Å². The Bertz CT molecular complexity index is 1190. The van der Waals surface area contributed by atoms with Crippen LogP contribution in [0, 0.1) is 0 Å². The summed E-state index contributed by atoms with van der Waals surface area (Å²) in [4.78, 5) is 24.5. The third-order valence-electron chi connectivity index (χ3n) is 5.09. The molecule has 0 amide bonds. The minimum atomic E-state index is 0.407. The molecule has 5 rings (SSSR count). The number of fused-ring (bicyclic) bond motifs is 1. The number of halogens is 1. The summed E-state index contributed by atoms with van der Waals surface area (Å²) in [5.74, 6) is 1.18. The summed E-state index contributed by atoms with van der Waals surface area (Å²) in [6.45, 7) is 2.02. The zero-order valence-electron chi connectivity index (χ0n) is 15.6. The Hall–Kier alpha value is -3.13. The molecule has 0 radical (unpaired) electrons. The lowest BCUT2D eigenvalue weighted by Gasteiger charge is -2.15. The second-order valence-electron chi connectivity index (χ2n) is 6.99. The van der Waals surface area contributed by atoms with E-state index >= 15 is 0 Å². The lowest BCUT2D eigenvalue weighted by molar-refractivity contribution is 0.899. The summed E-state index contributed by atoms with van der Waals surface area (Å²) in [5.41, 5.74) is 10.2. The van der Waals surface area contributed by atoms with Crippen LogP contribution in [0.15, 0.2) is 53.5 Å². The second-order valence-corrected chi connectivity index (χ2v) is 7.90. The van der Waals surface area contributed by atoms with Crippen molar-refractivity contribution in [2.24, 2.45) is 0 Å². The lowest BCUT2D eigenvalue weighted by Crippen LogP contribution is -2.20. The second kappa shape index (κ2) is 7.36. The maximum Gasteiger partial charge on any atom is 0.225 e. The number of nitrogens with zero attached hydrogens (tertiary/aromatic N) is 6. The van der Waals surface area contributed by atoms with Gasteiger partial charge in [-0.05, 0) is 42.2 Å². The van der Waals surface area contributed by atoms with Gasteiger partial charge in [0.15, 0.2) is 5.65 Å². The number of aromatic nitrogens is 5. The summed E-state index contributed by atoms with van der Waals surface area (Å²) in [5, 5.41) is 0.740. The van der Waals surface area contributed by atoms with E-state index in [1.165, 1.54) is 19.2 Å². The van der Waals surface area contributed by atoms with E-state index in [1.54, 1.807) is 0 Å². The van der Waals surface area contributed by atoms with Crippen molar-refractivity contribution < 1.29 is 0 Å².